The van der Waals surface area contributed by atoms with Crippen LogP contribution in [0, 0.1) is 47.3 Å². The average molecular weight is 807 g/mol. The van der Waals surface area contributed by atoms with Crippen molar-refractivity contribution in [3.05, 3.63) is 0 Å². The first kappa shape index (κ1) is 55.0. The third-order valence-electron chi connectivity index (χ3n) is 12.3. The lowest BCUT2D eigenvalue weighted by Crippen LogP contribution is -2.48. The smallest absolute Gasteiger partial charge is 0.393 e. The molecule has 0 aliphatic carbocycles. The first-order valence-corrected chi connectivity index (χ1v) is 24.6. The Labute approximate surface area is 341 Å². The molecule has 0 amide bonds. The first-order valence-electron chi connectivity index (χ1n) is 23.1. The summed E-state index contributed by atoms with van der Waals surface area (Å²) < 4.78 is 21.7. The standard InChI is InChI=1S/C46H95O8P/c1-36(2)17-11-19-38(5)21-13-23-40(7)25-15-27-42(9)29-30-45(53-33-44(48)34-54-55(50,51)52)46(49,35-47)32-31-43(10)28-16-26-41(8)24-14-22-39(6)20-12-18-37(3)4/h36-45,47-49H,11-35H2,1-10H3,(H2,50,51,52). The van der Waals surface area contributed by atoms with Gasteiger partial charge in [-0.3, -0.25) is 4.52 Å². The molecule has 9 unspecified atom stereocenters. The second-order valence-electron chi connectivity index (χ2n) is 19.6. The highest BCUT2D eigenvalue weighted by atomic mass is 31.2. The number of hydrogen-bond donors (Lipinski definition) is 5. The summed E-state index contributed by atoms with van der Waals surface area (Å²) in [6, 6.07) is 0. The van der Waals surface area contributed by atoms with Gasteiger partial charge in [-0.2, -0.15) is 0 Å². The summed E-state index contributed by atoms with van der Waals surface area (Å²) in [5, 5.41) is 32.6. The van der Waals surface area contributed by atoms with Crippen LogP contribution in [0.2, 0.25) is 0 Å². The van der Waals surface area contributed by atoms with E-state index in [1.807, 2.05) is 0 Å². The van der Waals surface area contributed by atoms with Crippen molar-refractivity contribution in [1.82, 2.24) is 0 Å². The molecule has 0 aliphatic heterocycles. The van der Waals surface area contributed by atoms with E-state index in [2.05, 4.69) is 73.8 Å². The van der Waals surface area contributed by atoms with Crippen molar-refractivity contribution in [3.63, 3.8) is 0 Å². The highest BCUT2D eigenvalue weighted by Gasteiger charge is 2.37. The Bertz CT molecular complexity index is 928. The summed E-state index contributed by atoms with van der Waals surface area (Å²) in [5.74, 6) is 5.46. The van der Waals surface area contributed by atoms with Gasteiger partial charge in [0.1, 0.15) is 11.7 Å². The van der Waals surface area contributed by atoms with E-state index in [0.29, 0.717) is 36.5 Å². The van der Waals surface area contributed by atoms with Crippen LogP contribution in [0.15, 0.2) is 0 Å². The zero-order chi connectivity index (χ0) is 41.9. The van der Waals surface area contributed by atoms with Gasteiger partial charge in [0.2, 0.25) is 0 Å². The zero-order valence-electron chi connectivity index (χ0n) is 37.9. The normalized spacial score (nSPS) is 18.2. The van der Waals surface area contributed by atoms with Crippen LogP contribution in [0.5, 0.6) is 0 Å². The number of hydrogen-bond acceptors (Lipinski definition) is 6. The highest BCUT2D eigenvalue weighted by molar-refractivity contribution is 7.46. The maximum Gasteiger partial charge on any atom is 0.469 e. The van der Waals surface area contributed by atoms with E-state index in [-0.39, 0.29) is 6.61 Å². The van der Waals surface area contributed by atoms with Gasteiger partial charge in [0.15, 0.2) is 0 Å². The molecule has 0 rings (SSSR count). The number of aliphatic hydroxyl groups is 3. The summed E-state index contributed by atoms with van der Waals surface area (Å²) in [5.41, 5.74) is -1.47. The van der Waals surface area contributed by atoms with Gasteiger partial charge >= 0.3 is 7.82 Å². The van der Waals surface area contributed by atoms with Gasteiger partial charge in [0.25, 0.3) is 0 Å². The summed E-state index contributed by atoms with van der Waals surface area (Å²) in [7, 11) is -4.73. The van der Waals surface area contributed by atoms with Crippen molar-refractivity contribution in [1.29, 1.82) is 0 Å². The molecule has 9 heteroatoms. The molecule has 0 fully saturated rings. The SMILES string of the molecule is CC(C)CCCC(C)CCCC(C)CCCC(C)CCC(OCC(O)COP(=O)(O)O)C(O)(CO)CCC(C)CCCC(C)CCCC(C)CCCC(C)C. The van der Waals surface area contributed by atoms with Crippen molar-refractivity contribution in [2.75, 3.05) is 19.8 Å². The predicted molar refractivity (Wildman–Crippen MR) is 232 cm³/mol. The minimum Gasteiger partial charge on any atom is -0.393 e. The molecule has 332 valence electrons. The average Bonchev–Trinajstić information content (AvgIpc) is 3.09. The lowest BCUT2D eigenvalue weighted by Gasteiger charge is -2.36. The van der Waals surface area contributed by atoms with Gasteiger partial charge in [-0.25, -0.2) is 4.57 Å². The summed E-state index contributed by atoms with van der Waals surface area (Å²) in [4.78, 5) is 18.1. The van der Waals surface area contributed by atoms with Crippen LogP contribution in [-0.2, 0) is 13.8 Å². The lowest BCUT2D eigenvalue weighted by atomic mass is 9.83. The first-order chi connectivity index (χ1) is 25.8. The topological polar surface area (TPSA) is 137 Å². The number of aliphatic hydroxyl groups excluding tert-OH is 2. The minimum atomic E-state index is -4.73. The molecule has 0 radical (unpaired) electrons. The Morgan fingerprint density at radius 1 is 0.491 bits per heavy atom. The Kier molecular flexibility index (Phi) is 31.8. The Hall–Kier alpha value is -0.0500. The predicted octanol–water partition coefficient (Wildman–Crippen LogP) is 12.3. The minimum absolute atomic E-state index is 0.251. The third-order valence-corrected chi connectivity index (χ3v) is 12.8. The molecule has 0 saturated heterocycles. The van der Waals surface area contributed by atoms with Crippen LogP contribution in [-0.4, -0.2) is 62.7 Å². The number of ether oxygens (including phenoxy) is 1. The molecular weight excluding hydrogens is 711 g/mol. The fourth-order valence-electron chi connectivity index (χ4n) is 8.11. The van der Waals surface area contributed by atoms with Gasteiger partial charge in [-0.15, -0.1) is 0 Å². The lowest BCUT2D eigenvalue weighted by molar-refractivity contribution is -0.154. The highest BCUT2D eigenvalue weighted by Crippen LogP contribution is 2.36. The van der Waals surface area contributed by atoms with Crippen LogP contribution in [0.1, 0.15) is 210 Å². The fourth-order valence-corrected chi connectivity index (χ4v) is 8.48. The summed E-state index contributed by atoms with van der Waals surface area (Å²) in [6.07, 6.45) is 23.3. The summed E-state index contributed by atoms with van der Waals surface area (Å²) >= 11 is 0. The van der Waals surface area contributed by atoms with Gasteiger partial charge in [-0.05, 0) is 73.0 Å². The van der Waals surface area contributed by atoms with Crippen LogP contribution >= 0.6 is 7.82 Å². The summed E-state index contributed by atoms with van der Waals surface area (Å²) in [6.45, 7) is 22.0. The molecule has 0 heterocycles. The largest absolute Gasteiger partial charge is 0.469 e. The Morgan fingerprint density at radius 2 is 0.818 bits per heavy atom. The molecule has 0 aromatic carbocycles. The van der Waals surface area contributed by atoms with Crippen LogP contribution in [0.25, 0.3) is 0 Å². The van der Waals surface area contributed by atoms with Crippen LogP contribution < -0.4 is 0 Å². The van der Waals surface area contributed by atoms with Gasteiger partial charge in [-0.1, -0.05) is 185 Å². The maximum absolute atomic E-state index is 11.8. The van der Waals surface area contributed by atoms with E-state index >= 15 is 0 Å². The second kappa shape index (κ2) is 31.8. The Morgan fingerprint density at radius 3 is 1.15 bits per heavy atom. The van der Waals surface area contributed by atoms with E-state index < -0.39 is 38.8 Å². The molecule has 0 bridgehead atoms. The fraction of sp³-hybridized carbons (Fsp3) is 1.00. The number of phosphoric ester groups is 1. The molecule has 0 saturated carbocycles. The molecule has 55 heavy (non-hydrogen) atoms. The van der Waals surface area contributed by atoms with E-state index in [4.69, 9.17) is 14.5 Å². The molecule has 0 aromatic rings. The molecule has 8 nitrogen and oxygen atoms in total. The molecular formula is C46H95O8P. The molecule has 5 N–H and O–H groups in total. The van der Waals surface area contributed by atoms with Gasteiger partial charge in [0, 0.05) is 0 Å². The van der Waals surface area contributed by atoms with Gasteiger partial charge in [0.05, 0.1) is 25.9 Å². The molecule has 9 atom stereocenters. The number of phosphoric acid groups is 1. The number of rotatable bonds is 38. The van der Waals surface area contributed by atoms with E-state index in [1.165, 1.54) is 89.9 Å². The van der Waals surface area contributed by atoms with Crippen molar-refractivity contribution in [2.45, 2.75) is 228 Å². The monoisotopic (exact) mass is 807 g/mol. The van der Waals surface area contributed by atoms with Crippen molar-refractivity contribution < 1.29 is 38.9 Å². The van der Waals surface area contributed by atoms with E-state index in [9.17, 15) is 19.9 Å². The van der Waals surface area contributed by atoms with Gasteiger partial charge < -0.3 is 29.8 Å². The second-order valence-corrected chi connectivity index (χ2v) is 20.9. The van der Waals surface area contributed by atoms with E-state index in [0.717, 1.165) is 62.2 Å². The van der Waals surface area contributed by atoms with Crippen LogP contribution in [0.3, 0.4) is 0 Å². The van der Waals surface area contributed by atoms with Crippen molar-refractivity contribution >= 4 is 7.82 Å². The molecule has 0 aromatic heterocycles. The van der Waals surface area contributed by atoms with E-state index in [1.54, 1.807) is 0 Å². The Balaban J connectivity index is 4.90. The van der Waals surface area contributed by atoms with Crippen molar-refractivity contribution in [2.24, 2.45) is 47.3 Å². The molecule has 0 spiro atoms. The van der Waals surface area contributed by atoms with Crippen molar-refractivity contribution in [3.8, 4) is 0 Å². The molecule has 0 aliphatic rings. The maximum atomic E-state index is 11.8. The zero-order valence-corrected chi connectivity index (χ0v) is 38.8. The van der Waals surface area contributed by atoms with Crippen LogP contribution in [0.4, 0.5) is 0 Å². The third kappa shape index (κ3) is 32.5. The quantitative estimate of drug-likeness (QED) is 0.0389.